The zero-order valence-electron chi connectivity index (χ0n) is 11.9. The van der Waals surface area contributed by atoms with E-state index in [0.717, 1.165) is 24.8 Å². The summed E-state index contributed by atoms with van der Waals surface area (Å²) in [5.41, 5.74) is 0. The number of rotatable bonds is 4. The lowest BCUT2D eigenvalue weighted by Gasteiger charge is -2.30. The first-order valence-corrected chi connectivity index (χ1v) is 7.33. The van der Waals surface area contributed by atoms with Gasteiger partial charge in [-0.15, -0.1) is 10.2 Å². The van der Waals surface area contributed by atoms with E-state index in [1.807, 2.05) is 6.92 Å². The number of nitrogens with one attached hydrogen (secondary N) is 1. The van der Waals surface area contributed by atoms with Crippen LogP contribution >= 0.6 is 0 Å². The van der Waals surface area contributed by atoms with Crippen molar-refractivity contribution in [3.8, 4) is 0 Å². The molecule has 1 aliphatic heterocycles. The van der Waals surface area contributed by atoms with Gasteiger partial charge in [0.1, 0.15) is 11.9 Å². The van der Waals surface area contributed by atoms with Crippen molar-refractivity contribution in [2.75, 3.05) is 19.7 Å². The minimum absolute atomic E-state index is 0.102. The van der Waals surface area contributed by atoms with Crippen LogP contribution in [0.5, 0.6) is 0 Å². The number of H-pyrrole nitrogens is 1. The molecule has 1 saturated heterocycles. The van der Waals surface area contributed by atoms with Crippen molar-refractivity contribution in [3.05, 3.63) is 23.4 Å². The van der Waals surface area contributed by atoms with Gasteiger partial charge in [0.15, 0.2) is 5.82 Å². The third kappa shape index (κ3) is 2.81. The molecule has 4 rings (SSSR count). The maximum Gasteiger partial charge on any atom is 0.230 e. The average molecular weight is 290 g/mol. The highest BCUT2D eigenvalue weighted by Crippen LogP contribution is 2.39. The van der Waals surface area contributed by atoms with Crippen LogP contribution in [0.15, 0.2) is 4.42 Å². The van der Waals surface area contributed by atoms with Crippen molar-refractivity contribution in [1.29, 1.82) is 0 Å². The van der Waals surface area contributed by atoms with Crippen LogP contribution < -0.4 is 0 Å². The van der Waals surface area contributed by atoms with Crippen LogP contribution in [0.25, 0.3) is 0 Å². The van der Waals surface area contributed by atoms with Gasteiger partial charge in [0.2, 0.25) is 11.8 Å². The standard InChI is InChI=1S/C13H18N6O2/c1-8-14-12(17-15-8)10-6-19(4-5-20-10)7-11-16-18-13(21-11)9-2-3-9/h9-10H,2-7H2,1H3,(H,14,15,17)/t10-/m0/s1. The third-order valence-corrected chi connectivity index (χ3v) is 3.82. The fourth-order valence-electron chi connectivity index (χ4n) is 2.52. The molecule has 2 aromatic heterocycles. The average Bonchev–Trinajstić information content (AvgIpc) is 3.09. The van der Waals surface area contributed by atoms with E-state index in [-0.39, 0.29) is 6.10 Å². The summed E-state index contributed by atoms with van der Waals surface area (Å²) in [6, 6.07) is 0. The SMILES string of the molecule is Cc1nc([C@@H]2CN(Cc3nnc(C4CC4)o3)CCO2)n[nH]1. The van der Waals surface area contributed by atoms with Gasteiger partial charge >= 0.3 is 0 Å². The Balaban J connectivity index is 1.40. The molecule has 2 aromatic rings. The van der Waals surface area contributed by atoms with Crippen LogP contribution in [0.4, 0.5) is 0 Å². The highest BCUT2D eigenvalue weighted by Gasteiger charge is 2.30. The molecule has 8 nitrogen and oxygen atoms in total. The molecule has 2 fully saturated rings. The van der Waals surface area contributed by atoms with E-state index >= 15 is 0 Å². The summed E-state index contributed by atoms with van der Waals surface area (Å²) in [6.07, 6.45) is 2.24. The van der Waals surface area contributed by atoms with Crippen molar-refractivity contribution in [2.45, 2.75) is 38.3 Å². The number of hydrogen-bond donors (Lipinski definition) is 1. The van der Waals surface area contributed by atoms with Crippen LogP contribution in [-0.2, 0) is 11.3 Å². The normalized spacial score (nSPS) is 23.6. The van der Waals surface area contributed by atoms with Gasteiger partial charge in [-0.25, -0.2) is 4.98 Å². The van der Waals surface area contributed by atoms with Gasteiger partial charge in [-0.3, -0.25) is 10.00 Å². The Hall–Kier alpha value is -1.80. The molecule has 21 heavy (non-hydrogen) atoms. The summed E-state index contributed by atoms with van der Waals surface area (Å²) >= 11 is 0. The molecule has 0 radical (unpaired) electrons. The molecule has 0 spiro atoms. The maximum absolute atomic E-state index is 5.75. The third-order valence-electron chi connectivity index (χ3n) is 3.82. The Morgan fingerprint density at radius 2 is 2.24 bits per heavy atom. The molecule has 0 bridgehead atoms. The molecule has 112 valence electrons. The smallest absolute Gasteiger partial charge is 0.230 e. The minimum atomic E-state index is -0.102. The second kappa shape index (κ2) is 5.19. The van der Waals surface area contributed by atoms with Crippen molar-refractivity contribution in [1.82, 2.24) is 30.3 Å². The second-order valence-electron chi connectivity index (χ2n) is 5.68. The molecular formula is C13H18N6O2. The molecule has 3 heterocycles. The monoisotopic (exact) mass is 290 g/mol. The second-order valence-corrected chi connectivity index (χ2v) is 5.68. The van der Waals surface area contributed by atoms with E-state index in [1.54, 1.807) is 0 Å². The molecule has 1 N–H and O–H groups in total. The lowest BCUT2D eigenvalue weighted by atomic mass is 10.2. The van der Waals surface area contributed by atoms with Crippen LogP contribution in [0.3, 0.4) is 0 Å². The zero-order chi connectivity index (χ0) is 14.2. The number of aryl methyl sites for hydroxylation is 1. The molecule has 0 amide bonds. The first-order chi connectivity index (χ1) is 10.3. The molecule has 1 atom stereocenters. The van der Waals surface area contributed by atoms with Crippen LogP contribution in [0, 0.1) is 6.92 Å². The van der Waals surface area contributed by atoms with Crippen molar-refractivity contribution < 1.29 is 9.15 Å². The number of aromatic nitrogens is 5. The fraction of sp³-hybridized carbons (Fsp3) is 0.692. The summed E-state index contributed by atoms with van der Waals surface area (Å²) in [6.45, 7) is 4.78. The van der Waals surface area contributed by atoms with Gasteiger partial charge in [0.05, 0.1) is 13.2 Å². The zero-order valence-corrected chi connectivity index (χ0v) is 11.9. The summed E-state index contributed by atoms with van der Waals surface area (Å²) in [5, 5.41) is 15.3. The Morgan fingerprint density at radius 1 is 1.33 bits per heavy atom. The van der Waals surface area contributed by atoms with E-state index < -0.39 is 0 Å². The van der Waals surface area contributed by atoms with Gasteiger partial charge < -0.3 is 9.15 Å². The van der Waals surface area contributed by atoms with Gasteiger partial charge in [-0.05, 0) is 19.8 Å². The summed E-state index contributed by atoms with van der Waals surface area (Å²) in [7, 11) is 0. The first-order valence-electron chi connectivity index (χ1n) is 7.33. The molecule has 0 aromatic carbocycles. The Bertz CT molecular complexity index is 620. The topological polar surface area (TPSA) is 93.0 Å². The van der Waals surface area contributed by atoms with Crippen LogP contribution in [-0.4, -0.2) is 50.0 Å². The molecule has 8 heteroatoms. The number of nitrogens with zero attached hydrogens (tertiary/aromatic N) is 5. The fourth-order valence-corrected chi connectivity index (χ4v) is 2.52. The Labute approximate surface area is 121 Å². The quantitative estimate of drug-likeness (QED) is 0.895. The largest absolute Gasteiger partial charge is 0.424 e. The molecule has 2 aliphatic rings. The lowest BCUT2D eigenvalue weighted by molar-refractivity contribution is -0.0393. The van der Waals surface area contributed by atoms with E-state index in [2.05, 4.69) is 30.3 Å². The molecule has 0 unspecified atom stereocenters. The van der Waals surface area contributed by atoms with Crippen LogP contribution in [0.2, 0.25) is 0 Å². The highest BCUT2D eigenvalue weighted by atomic mass is 16.5. The Morgan fingerprint density at radius 3 is 3.00 bits per heavy atom. The number of hydrogen-bond acceptors (Lipinski definition) is 7. The predicted octanol–water partition coefficient (Wildman–Crippen LogP) is 0.947. The minimum Gasteiger partial charge on any atom is -0.424 e. The number of morpholine rings is 1. The lowest BCUT2D eigenvalue weighted by Crippen LogP contribution is -2.38. The van der Waals surface area contributed by atoms with E-state index in [0.29, 0.717) is 30.8 Å². The van der Waals surface area contributed by atoms with Gasteiger partial charge in [-0.1, -0.05) is 0 Å². The first kappa shape index (κ1) is 12.9. The van der Waals surface area contributed by atoms with E-state index in [4.69, 9.17) is 9.15 Å². The maximum atomic E-state index is 5.75. The number of ether oxygens (including phenoxy) is 1. The van der Waals surface area contributed by atoms with Gasteiger partial charge in [0.25, 0.3) is 0 Å². The summed E-state index contributed by atoms with van der Waals surface area (Å²) in [5.74, 6) is 3.49. The highest BCUT2D eigenvalue weighted by molar-refractivity contribution is 5.00. The van der Waals surface area contributed by atoms with Crippen LogP contribution in [0.1, 0.15) is 48.3 Å². The van der Waals surface area contributed by atoms with E-state index in [9.17, 15) is 0 Å². The van der Waals surface area contributed by atoms with Crippen molar-refractivity contribution in [3.63, 3.8) is 0 Å². The summed E-state index contributed by atoms with van der Waals surface area (Å²) < 4.78 is 11.5. The van der Waals surface area contributed by atoms with Gasteiger partial charge in [-0.2, -0.15) is 5.10 Å². The number of aromatic amines is 1. The Kier molecular flexibility index (Phi) is 3.19. The summed E-state index contributed by atoms with van der Waals surface area (Å²) in [4.78, 5) is 6.58. The van der Waals surface area contributed by atoms with Crippen molar-refractivity contribution >= 4 is 0 Å². The van der Waals surface area contributed by atoms with E-state index in [1.165, 1.54) is 12.8 Å². The molecule has 1 saturated carbocycles. The predicted molar refractivity (Wildman–Crippen MR) is 71.4 cm³/mol. The molecular weight excluding hydrogens is 272 g/mol. The van der Waals surface area contributed by atoms with Crippen molar-refractivity contribution in [2.24, 2.45) is 0 Å². The molecule has 1 aliphatic carbocycles. The van der Waals surface area contributed by atoms with Gasteiger partial charge in [0, 0.05) is 19.0 Å².